The Labute approximate surface area is 205 Å². The molecule has 2 aliphatic heterocycles. The Bertz CT molecular complexity index is 1490. The Morgan fingerprint density at radius 3 is 2.80 bits per heavy atom. The lowest BCUT2D eigenvalue weighted by molar-refractivity contribution is -0.134. The van der Waals surface area contributed by atoms with Crippen molar-refractivity contribution in [2.24, 2.45) is 0 Å². The fourth-order valence-corrected chi connectivity index (χ4v) is 5.39. The molecule has 6 rings (SSSR count). The SMILES string of the molecule is Cc1nc(-c2ccc3c(c2)CCN3C(=O)CN2C(=O)N[C@](C)(c3cc4ccccc4o3)C2=O)cs1. The summed E-state index contributed by atoms with van der Waals surface area (Å²) in [6, 6.07) is 14.4. The molecule has 2 aliphatic rings. The van der Waals surface area contributed by atoms with E-state index in [0.717, 1.165) is 37.8 Å². The molecule has 1 saturated heterocycles. The highest BCUT2D eigenvalue weighted by molar-refractivity contribution is 7.09. The van der Waals surface area contributed by atoms with Crippen LogP contribution in [0.1, 0.15) is 23.3 Å². The van der Waals surface area contributed by atoms with Crippen LogP contribution < -0.4 is 10.2 Å². The van der Waals surface area contributed by atoms with Crippen LogP contribution in [-0.2, 0) is 21.5 Å². The van der Waals surface area contributed by atoms with Gasteiger partial charge in [-0.3, -0.25) is 14.5 Å². The number of para-hydroxylation sites is 1. The molecular formula is C26H22N4O4S. The van der Waals surface area contributed by atoms with Gasteiger partial charge in [-0.05, 0) is 50.1 Å². The third kappa shape index (κ3) is 3.42. The summed E-state index contributed by atoms with van der Waals surface area (Å²) in [6.45, 7) is 3.73. The number of hydrogen-bond donors (Lipinski definition) is 1. The van der Waals surface area contributed by atoms with Gasteiger partial charge in [0.2, 0.25) is 5.91 Å². The lowest BCUT2D eigenvalue weighted by Gasteiger charge is -2.22. The molecule has 4 amide bonds. The van der Waals surface area contributed by atoms with Crippen LogP contribution in [0.5, 0.6) is 0 Å². The van der Waals surface area contributed by atoms with E-state index >= 15 is 0 Å². The molecule has 35 heavy (non-hydrogen) atoms. The van der Waals surface area contributed by atoms with E-state index in [0.29, 0.717) is 24.3 Å². The lowest BCUT2D eigenvalue weighted by atomic mass is 9.99. The van der Waals surface area contributed by atoms with Gasteiger partial charge in [0.05, 0.1) is 10.7 Å². The van der Waals surface area contributed by atoms with Crippen LogP contribution in [0.4, 0.5) is 10.5 Å². The highest BCUT2D eigenvalue weighted by Crippen LogP contribution is 2.35. The van der Waals surface area contributed by atoms with E-state index in [1.54, 1.807) is 35.3 Å². The Kier molecular flexibility index (Phi) is 4.79. The molecular weight excluding hydrogens is 464 g/mol. The molecule has 0 bridgehead atoms. The van der Waals surface area contributed by atoms with Crippen molar-refractivity contribution >= 4 is 45.8 Å². The highest BCUT2D eigenvalue weighted by Gasteiger charge is 2.52. The maximum atomic E-state index is 13.3. The van der Waals surface area contributed by atoms with Gasteiger partial charge in [-0.15, -0.1) is 11.3 Å². The lowest BCUT2D eigenvalue weighted by Crippen LogP contribution is -2.44. The van der Waals surface area contributed by atoms with Gasteiger partial charge in [0, 0.05) is 28.6 Å². The first-order chi connectivity index (χ1) is 16.8. The summed E-state index contributed by atoms with van der Waals surface area (Å²) in [5, 5.41) is 6.57. The molecule has 1 fully saturated rings. The van der Waals surface area contributed by atoms with Crippen molar-refractivity contribution in [2.45, 2.75) is 25.8 Å². The molecule has 0 unspecified atom stereocenters. The summed E-state index contributed by atoms with van der Waals surface area (Å²) in [7, 11) is 0. The van der Waals surface area contributed by atoms with E-state index < -0.39 is 17.5 Å². The average molecular weight is 487 g/mol. The van der Waals surface area contributed by atoms with Crippen LogP contribution in [0, 0.1) is 6.92 Å². The average Bonchev–Trinajstić information content (AvgIpc) is 3.61. The van der Waals surface area contributed by atoms with E-state index in [-0.39, 0.29) is 12.5 Å². The van der Waals surface area contributed by atoms with Gasteiger partial charge in [-0.2, -0.15) is 0 Å². The number of aryl methyl sites for hydroxylation is 1. The number of amides is 4. The number of carbonyl (C=O) groups is 3. The first-order valence-corrected chi connectivity index (χ1v) is 12.2. The van der Waals surface area contributed by atoms with Gasteiger partial charge in [0.25, 0.3) is 5.91 Å². The predicted molar refractivity (Wildman–Crippen MR) is 132 cm³/mol. The first-order valence-electron chi connectivity index (χ1n) is 11.3. The van der Waals surface area contributed by atoms with Crippen molar-refractivity contribution in [3.05, 3.63) is 70.2 Å². The minimum atomic E-state index is -1.38. The summed E-state index contributed by atoms with van der Waals surface area (Å²) in [5.74, 6) is -0.481. The standard InChI is InChI=1S/C26H22N4O4S/c1-15-27-19(14-35-15)16-7-8-20-17(11-16)9-10-29(20)23(31)13-30-24(32)26(2,28-25(30)33)22-12-18-5-3-4-6-21(18)34-22/h3-8,11-12,14H,9-10,13H2,1-2H3,(H,28,33)/t26-/m1/s1. The molecule has 176 valence electrons. The third-order valence-electron chi connectivity index (χ3n) is 6.68. The molecule has 0 aliphatic carbocycles. The maximum absolute atomic E-state index is 13.3. The molecule has 2 aromatic heterocycles. The van der Waals surface area contributed by atoms with Gasteiger partial charge in [0.15, 0.2) is 5.54 Å². The van der Waals surface area contributed by atoms with E-state index in [1.807, 2.05) is 42.6 Å². The van der Waals surface area contributed by atoms with Crippen molar-refractivity contribution in [2.75, 3.05) is 18.0 Å². The fraction of sp³-hybridized carbons (Fsp3) is 0.231. The Balaban J connectivity index is 1.22. The second-order valence-corrected chi connectivity index (χ2v) is 10.0. The molecule has 4 heterocycles. The highest BCUT2D eigenvalue weighted by atomic mass is 32.1. The molecule has 1 N–H and O–H groups in total. The van der Waals surface area contributed by atoms with Gasteiger partial charge < -0.3 is 14.6 Å². The number of nitrogens with zero attached hydrogens (tertiary/aromatic N) is 3. The van der Waals surface area contributed by atoms with Crippen LogP contribution in [-0.4, -0.2) is 40.8 Å². The maximum Gasteiger partial charge on any atom is 0.325 e. The first kappa shape index (κ1) is 21.5. The summed E-state index contributed by atoms with van der Waals surface area (Å²) < 4.78 is 5.86. The molecule has 2 aromatic carbocycles. The number of benzene rings is 2. The zero-order valence-electron chi connectivity index (χ0n) is 19.2. The zero-order valence-corrected chi connectivity index (χ0v) is 20.0. The quantitative estimate of drug-likeness (QED) is 0.436. The zero-order chi connectivity index (χ0) is 24.3. The Morgan fingerprint density at radius 1 is 1.20 bits per heavy atom. The van der Waals surface area contributed by atoms with Crippen LogP contribution in [0.3, 0.4) is 0 Å². The second kappa shape index (κ2) is 7.78. The van der Waals surface area contributed by atoms with Crippen LogP contribution in [0.15, 0.2) is 58.3 Å². The smallest absolute Gasteiger partial charge is 0.325 e. The van der Waals surface area contributed by atoms with Gasteiger partial charge in [-0.1, -0.05) is 24.3 Å². The number of urea groups is 1. The monoisotopic (exact) mass is 486 g/mol. The summed E-state index contributed by atoms with van der Waals surface area (Å²) in [5.41, 5.74) is 3.03. The topological polar surface area (TPSA) is 95.8 Å². The number of aromatic nitrogens is 1. The normalized spacial score (nSPS) is 19.5. The van der Waals surface area contributed by atoms with Gasteiger partial charge in [0.1, 0.15) is 17.9 Å². The summed E-state index contributed by atoms with van der Waals surface area (Å²) in [4.78, 5) is 46.5. The number of imide groups is 1. The number of rotatable bonds is 4. The van der Waals surface area contributed by atoms with Crippen molar-refractivity contribution in [1.82, 2.24) is 15.2 Å². The fourth-order valence-electron chi connectivity index (χ4n) is 4.77. The van der Waals surface area contributed by atoms with E-state index in [2.05, 4.69) is 16.4 Å². The third-order valence-corrected chi connectivity index (χ3v) is 7.45. The van der Waals surface area contributed by atoms with E-state index in [1.165, 1.54) is 0 Å². The largest absolute Gasteiger partial charge is 0.458 e. The summed E-state index contributed by atoms with van der Waals surface area (Å²) in [6.07, 6.45) is 0.703. The van der Waals surface area contributed by atoms with Crippen molar-refractivity contribution in [1.29, 1.82) is 0 Å². The number of nitrogens with one attached hydrogen (secondary N) is 1. The van der Waals surface area contributed by atoms with E-state index in [4.69, 9.17) is 4.42 Å². The minimum Gasteiger partial charge on any atom is -0.458 e. The molecule has 0 radical (unpaired) electrons. The summed E-state index contributed by atoms with van der Waals surface area (Å²) >= 11 is 1.60. The molecule has 0 saturated carbocycles. The molecule has 4 aromatic rings. The van der Waals surface area contributed by atoms with E-state index in [9.17, 15) is 14.4 Å². The number of thiazole rings is 1. The van der Waals surface area contributed by atoms with Crippen LogP contribution in [0.25, 0.3) is 22.2 Å². The van der Waals surface area contributed by atoms with Gasteiger partial charge in [-0.25, -0.2) is 9.78 Å². The van der Waals surface area contributed by atoms with Crippen molar-refractivity contribution in [3.63, 3.8) is 0 Å². The van der Waals surface area contributed by atoms with Crippen LogP contribution >= 0.6 is 11.3 Å². The number of hydrogen-bond acceptors (Lipinski definition) is 6. The van der Waals surface area contributed by atoms with Crippen LogP contribution in [0.2, 0.25) is 0 Å². The molecule has 0 spiro atoms. The van der Waals surface area contributed by atoms with Crippen molar-refractivity contribution in [3.8, 4) is 11.3 Å². The number of carbonyl (C=O) groups excluding carboxylic acids is 3. The van der Waals surface area contributed by atoms with Gasteiger partial charge >= 0.3 is 6.03 Å². The number of furan rings is 1. The number of fused-ring (bicyclic) bond motifs is 2. The Hall–Kier alpha value is -3.98. The predicted octanol–water partition coefficient (Wildman–Crippen LogP) is 4.22. The van der Waals surface area contributed by atoms with Crippen molar-refractivity contribution < 1.29 is 18.8 Å². The minimum absolute atomic E-state index is 0.307. The molecule has 9 heteroatoms. The second-order valence-electron chi connectivity index (χ2n) is 8.99. The molecule has 1 atom stereocenters. The Morgan fingerprint density at radius 2 is 2.03 bits per heavy atom. The number of anilines is 1. The molecule has 8 nitrogen and oxygen atoms in total.